The van der Waals surface area contributed by atoms with Crippen LogP contribution in [0.5, 0.6) is 0 Å². The zero-order valence-corrected chi connectivity index (χ0v) is 20.4. The third-order valence-electron chi connectivity index (χ3n) is 6.01. The van der Waals surface area contributed by atoms with E-state index in [0.717, 1.165) is 18.7 Å². The van der Waals surface area contributed by atoms with Crippen LogP contribution in [-0.2, 0) is 16.0 Å². The molecule has 0 bridgehead atoms. The number of nitrogens with one attached hydrogen (secondary N) is 1. The van der Waals surface area contributed by atoms with E-state index in [0.29, 0.717) is 38.4 Å². The molecule has 0 aliphatic carbocycles. The highest BCUT2D eigenvalue weighted by molar-refractivity contribution is 5.80. The number of nitrogens with zero attached hydrogens (tertiary/aromatic N) is 3. The Labute approximate surface area is 199 Å². The number of hydrogen-bond acceptors (Lipinski definition) is 5. The molecule has 0 atom stereocenters. The number of halogens is 2. The molecule has 1 aromatic carbocycles. The summed E-state index contributed by atoms with van der Waals surface area (Å²) in [5.74, 6) is -0.938. The Morgan fingerprint density at radius 2 is 1.94 bits per heavy atom. The Morgan fingerprint density at radius 3 is 2.59 bits per heavy atom. The van der Waals surface area contributed by atoms with Crippen molar-refractivity contribution in [3.05, 3.63) is 41.9 Å². The van der Waals surface area contributed by atoms with Gasteiger partial charge in [0.1, 0.15) is 11.6 Å². The first-order chi connectivity index (χ1) is 16.0. The Balaban J connectivity index is 1.43. The predicted molar refractivity (Wildman–Crippen MR) is 125 cm³/mol. The van der Waals surface area contributed by atoms with Crippen LogP contribution in [-0.4, -0.2) is 66.9 Å². The second-order valence-electron chi connectivity index (χ2n) is 10.0. The third-order valence-corrected chi connectivity index (χ3v) is 6.01. The summed E-state index contributed by atoms with van der Waals surface area (Å²) in [6.45, 7) is 6.82. The molecule has 0 unspecified atom stereocenters. The number of amides is 2. The van der Waals surface area contributed by atoms with Crippen LogP contribution in [0.3, 0.4) is 0 Å². The maximum Gasteiger partial charge on any atom is 0.223 e. The van der Waals surface area contributed by atoms with Gasteiger partial charge in [0.05, 0.1) is 11.8 Å². The van der Waals surface area contributed by atoms with E-state index in [-0.39, 0.29) is 47.3 Å². The second-order valence-corrected chi connectivity index (χ2v) is 10.0. The Hall–Kier alpha value is -2.81. The first-order valence-corrected chi connectivity index (χ1v) is 11.6. The van der Waals surface area contributed by atoms with E-state index < -0.39 is 11.6 Å². The van der Waals surface area contributed by atoms with Crippen molar-refractivity contribution in [3.63, 3.8) is 0 Å². The molecule has 1 aromatic heterocycles. The quantitative estimate of drug-likeness (QED) is 0.600. The minimum atomic E-state index is -0.730. The molecule has 1 fully saturated rings. The molecule has 186 valence electrons. The molecule has 0 saturated carbocycles. The molecule has 2 aromatic rings. The molecule has 3 rings (SSSR count). The highest BCUT2D eigenvalue weighted by Crippen LogP contribution is 2.25. The normalized spacial score (nSPS) is 15.1. The van der Waals surface area contributed by atoms with Crippen LogP contribution in [0.1, 0.15) is 39.0 Å². The summed E-state index contributed by atoms with van der Waals surface area (Å²) < 4.78 is 32.6. The number of benzene rings is 1. The maximum atomic E-state index is 13.9. The fourth-order valence-electron chi connectivity index (χ4n) is 4.39. The van der Waals surface area contributed by atoms with Gasteiger partial charge in [-0.3, -0.25) is 9.59 Å². The molecule has 9 heteroatoms. The van der Waals surface area contributed by atoms with Crippen LogP contribution in [0.2, 0.25) is 0 Å². The average molecular weight is 477 g/mol. The lowest BCUT2D eigenvalue weighted by Crippen LogP contribution is -2.46. The summed E-state index contributed by atoms with van der Waals surface area (Å²) in [6, 6.07) is 3.23. The van der Waals surface area contributed by atoms with E-state index in [1.807, 2.05) is 14.1 Å². The van der Waals surface area contributed by atoms with Gasteiger partial charge in [-0.25, -0.2) is 13.8 Å². The van der Waals surface area contributed by atoms with Crippen molar-refractivity contribution < 1.29 is 22.8 Å². The molecule has 1 aliphatic heterocycles. The zero-order valence-electron chi connectivity index (χ0n) is 20.4. The molecular weight excluding hydrogens is 442 g/mol. The fourth-order valence-corrected chi connectivity index (χ4v) is 4.39. The van der Waals surface area contributed by atoms with Gasteiger partial charge < -0.3 is 19.5 Å². The molecule has 0 spiro atoms. The van der Waals surface area contributed by atoms with Gasteiger partial charge >= 0.3 is 0 Å². The van der Waals surface area contributed by atoms with Crippen molar-refractivity contribution in [1.29, 1.82) is 0 Å². The van der Waals surface area contributed by atoms with Crippen molar-refractivity contribution in [2.45, 2.75) is 39.5 Å². The lowest BCUT2D eigenvalue weighted by atomic mass is 9.91. The number of oxazole rings is 1. The van der Waals surface area contributed by atoms with E-state index in [9.17, 15) is 18.4 Å². The monoisotopic (exact) mass is 476 g/mol. The van der Waals surface area contributed by atoms with Crippen LogP contribution in [0.25, 0.3) is 11.3 Å². The second kappa shape index (κ2) is 11.1. The molecule has 7 nitrogen and oxygen atoms in total. The first kappa shape index (κ1) is 25.8. The smallest absolute Gasteiger partial charge is 0.223 e. The van der Waals surface area contributed by atoms with E-state index in [4.69, 9.17) is 4.42 Å². The number of piperidine rings is 1. The van der Waals surface area contributed by atoms with Crippen LogP contribution in [0.15, 0.2) is 28.8 Å². The molecule has 1 N–H and O–H groups in total. The number of aromatic nitrogens is 1. The van der Waals surface area contributed by atoms with E-state index in [2.05, 4.69) is 29.0 Å². The first-order valence-electron chi connectivity index (χ1n) is 11.6. The van der Waals surface area contributed by atoms with Crippen molar-refractivity contribution in [3.8, 4) is 11.3 Å². The Morgan fingerprint density at radius 1 is 1.24 bits per heavy atom. The number of carbonyl (C=O) groups excluding carboxylic acids is 2. The highest BCUT2D eigenvalue weighted by atomic mass is 19.1. The van der Waals surface area contributed by atoms with Crippen LogP contribution in [0.4, 0.5) is 8.78 Å². The summed E-state index contributed by atoms with van der Waals surface area (Å²) in [6.07, 6.45) is 3.14. The SMILES string of the molecule is CN(C)CC(C)(C)CNC(=O)C1CCN(C(=O)CCc2ncc(-c3ccc(F)cc3F)o2)CC1. The van der Waals surface area contributed by atoms with Crippen molar-refractivity contribution >= 4 is 11.8 Å². The summed E-state index contributed by atoms with van der Waals surface area (Å²) in [4.78, 5) is 33.2. The minimum absolute atomic E-state index is 0.0158. The Kier molecular flexibility index (Phi) is 8.41. The fraction of sp³-hybridized carbons (Fsp3) is 0.560. The van der Waals surface area contributed by atoms with Gasteiger partial charge in [-0.05, 0) is 44.5 Å². The molecular formula is C25H34F2N4O3. The molecule has 1 aliphatic rings. The molecule has 2 amide bonds. The van der Waals surface area contributed by atoms with Gasteiger partial charge in [0.15, 0.2) is 11.7 Å². The van der Waals surface area contributed by atoms with Gasteiger partial charge in [0.2, 0.25) is 11.8 Å². The number of hydrogen-bond donors (Lipinski definition) is 1. The molecule has 1 saturated heterocycles. The van der Waals surface area contributed by atoms with Crippen LogP contribution < -0.4 is 5.32 Å². The lowest BCUT2D eigenvalue weighted by molar-refractivity contribution is -0.135. The van der Waals surface area contributed by atoms with Crippen molar-refractivity contribution in [2.24, 2.45) is 11.3 Å². The van der Waals surface area contributed by atoms with Crippen molar-refractivity contribution in [2.75, 3.05) is 40.3 Å². The highest BCUT2D eigenvalue weighted by Gasteiger charge is 2.29. The lowest BCUT2D eigenvalue weighted by Gasteiger charge is -2.33. The van der Waals surface area contributed by atoms with Gasteiger partial charge in [-0.2, -0.15) is 0 Å². The predicted octanol–water partition coefficient (Wildman–Crippen LogP) is 3.50. The van der Waals surface area contributed by atoms with E-state index >= 15 is 0 Å². The summed E-state index contributed by atoms with van der Waals surface area (Å²) >= 11 is 0. The van der Waals surface area contributed by atoms with Crippen LogP contribution >= 0.6 is 0 Å². The molecule has 34 heavy (non-hydrogen) atoms. The minimum Gasteiger partial charge on any atom is -0.441 e. The Bertz CT molecular complexity index is 998. The summed E-state index contributed by atoms with van der Waals surface area (Å²) in [7, 11) is 4.03. The van der Waals surface area contributed by atoms with Gasteiger partial charge in [0, 0.05) is 51.0 Å². The summed E-state index contributed by atoms with van der Waals surface area (Å²) in [5, 5.41) is 3.07. The van der Waals surface area contributed by atoms with Gasteiger partial charge in [-0.1, -0.05) is 13.8 Å². The average Bonchev–Trinajstić information content (AvgIpc) is 3.24. The third kappa shape index (κ3) is 7.09. The van der Waals surface area contributed by atoms with Gasteiger partial charge in [0.25, 0.3) is 0 Å². The number of carbonyl (C=O) groups is 2. The van der Waals surface area contributed by atoms with Gasteiger partial charge in [-0.15, -0.1) is 0 Å². The summed E-state index contributed by atoms with van der Waals surface area (Å²) in [5.41, 5.74) is 0.106. The largest absolute Gasteiger partial charge is 0.441 e. The van der Waals surface area contributed by atoms with Crippen LogP contribution in [0, 0.1) is 23.0 Å². The standard InChI is InChI=1S/C25H34F2N4O3/c1-25(2,16-30(3)4)15-29-24(33)17-9-11-31(12-10-17)23(32)8-7-22-28-14-21(34-22)19-6-5-18(26)13-20(19)27/h5-6,13-14,17H,7-12,15-16H2,1-4H3,(H,29,33). The number of rotatable bonds is 9. The zero-order chi connectivity index (χ0) is 24.9. The topological polar surface area (TPSA) is 78.7 Å². The van der Waals surface area contributed by atoms with E-state index in [1.165, 1.54) is 12.3 Å². The maximum absolute atomic E-state index is 13.9. The van der Waals surface area contributed by atoms with Crippen molar-refractivity contribution in [1.82, 2.24) is 20.1 Å². The van der Waals surface area contributed by atoms with E-state index in [1.54, 1.807) is 4.90 Å². The number of aryl methyl sites for hydroxylation is 1. The number of likely N-dealkylation sites (tertiary alicyclic amines) is 1. The molecule has 2 heterocycles. The molecule has 0 radical (unpaired) electrons.